The van der Waals surface area contributed by atoms with E-state index in [9.17, 15) is 9.59 Å². The third kappa shape index (κ3) is 8.35. The Labute approximate surface area is 217 Å². The highest BCUT2D eigenvalue weighted by atomic mass is 28.4. The molecule has 0 aliphatic rings. The molecule has 196 valence electrons. The molecule has 36 heavy (non-hydrogen) atoms. The summed E-state index contributed by atoms with van der Waals surface area (Å²) in [6.45, 7) is 12.5. The van der Waals surface area contributed by atoms with Crippen LogP contribution in [-0.2, 0) is 18.7 Å². The number of ether oxygens (including phenoxy) is 2. The summed E-state index contributed by atoms with van der Waals surface area (Å²) in [5, 5.41) is 5.15. The summed E-state index contributed by atoms with van der Waals surface area (Å²) in [4.78, 5) is 24.1. The van der Waals surface area contributed by atoms with Crippen LogP contribution in [0.25, 0.3) is 0 Å². The maximum absolute atomic E-state index is 12.6. The third-order valence-corrected chi connectivity index (χ3v) is 10.8. The standard InChI is InChI=1S/C29H41NO5Si/c1-28(2,3)35-27(32)30-23(16-14-15-21-26(31)33-7)22-34-36(29(4,5)6,24-17-10-8-11-18-24)25-19-12-9-13-20-25/h8-13,15,17-21,23H,14,16,22H2,1-7H3,(H,30,32)/b21-15+/t23-/m0/s1. The van der Waals surface area contributed by atoms with E-state index in [1.165, 1.54) is 23.6 Å². The molecule has 1 atom stereocenters. The van der Waals surface area contributed by atoms with Gasteiger partial charge in [0.2, 0.25) is 0 Å². The first kappa shape index (κ1) is 29.3. The van der Waals surface area contributed by atoms with Gasteiger partial charge in [-0.2, -0.15) is 0 Å². The molecule has 7 heteroatoms. The van der Waals surface area contributed by atoms with Gasteiger partial charge in [0.25, 0.3) is 8.32 Å². The Morgan fingerprint density at radius 3 is 1.89 bits per heavy atom. The first-order chi connectivity index (χ1) is 16.9. The summed E-state index contributed by atoms with van der Waals surface area (Å²) in [7, 11) is -1.42. The number of hydrogen-bond donors (Lipinski definition) is 1. The zero-order valence-electron chi connectivity index (χ0n) is 22.7. The van der Waals surface area contributed by atoms with Gasteiger partial charge in [-0.05, 0) is 49.0 Å². The van der Waals surface area contributed by atoms with Gasteiger partial charge in [0.1, 0.15) is 5.60 Å². The van der Waals surface area contributed by atoms with Crippen molar-refractivity contribution >= 4 is 30.8 Å². The van der Waals surface area contributed by atoms with Gasteiger partial charge in [-0.25, -0.2) is 9.59 Å². The van der Waals surface area contributed by atoms with Crippen LogP contribution < -0.4 is 15.7 Å². The molecule has 6 nitrogen and oxygen atoms in total. The number of carbonyl (C=O) groups excluding carboxylic acids is 2. The van der Waals surface area contributed by atoms with Crippen molar-refractivity contribution in [3.05, 3.63) is 72.8 Å². The SMILES string of the molecule is COC(=O)/C=C/CC[C@@H](CO[Si](c1ccccc1)(c1ccccc1)C(C)(C)C)NC(=O)OC(C)(C)C. The Morgan fingerprint density at radius 1 is 0.917 bits per heavy atom. The van der Waals surface area contributed by atoms with Crippen LogP contribution in [0.2, 0.25) is 5.04 Å². The molecule has 0 aromatic heterocycles. The second-order valence-corrected chi connectivity index (χ2v) is 15.1. The van der Waals surface area contributed by atoms with Gasteiger partial charge in [0.15, 0.2) is 0 Å². The minimum Gasteiger partial charge on any atom is -0.466 e. The van der Waals surface area contributed by atoms with Crippen molar-refractivity contribution in [3.63, 3.8) is 0 Å². The minimum atomic E-state index is -2.77. The van der Waals surface area contributed by atoms with Gasteiger partial charge in [0.05, 0.1) is 19.8 Å². The molecular weight excluding hydrogens is 470 g/mol. The lowest BCUT2D eigenvalue weighted by atomic mass is 10.1. The molecule has 0 unspecified atom stereocenters. The Bertz CT molecular complexity index is 954. The van der Waals surface area contributed by atoms with Crippen LogP contribution >= 0.6 is 0 Å². The molecule has 0 fully saturated rings. The van der Waals surface area contributed by atoms with Gasteiger partial charge in [0, 0.05) is 6.08 Å². The van der Waals surface area contributed by atoms with E-state index < -0.39 is 26.0 Å². The number of alkyl carbamates (subject to hydrolysis) is 1. The molecule has 2 rings (SSSR count). The second-order valence-electron chi connectivity index (χ2n) is 10.8. The lowest BCUT2D eigenvalue weighted by molar-refractivity contribution is -0.134. The molecule has 0 aliphatic carbocycles. The van der Waals surface area contributed by atoms with Crippen molar-refractivity contribution in [3.8, 4) is 0 Å². The van der Waals surface area contributed by atoms with Crippen LogP contribution in [0.4, 0.5) is 4.79 Å². The molecule has 0 heterocycles. The fourth-order valence-electron chi connectivity index (χ4n) is 4.20. The quantitative estimate of drug-likeness (QED) is 0.277. The number of carbonyl (C=O) groups is 2. The van der Waals surface area contributed by atoms with Crippen molar-refractivity contribution < 1.29 is 23.5 Å². The molecule has 0 radical (unpaired) electrons. The molecule has 0 aliphatic heterocycles. The Morgan fingerprint density at radius 2 is 1.44 bits per heavy atom. The number of methoxy groups -OCH3 is 1. The predicted octanol–water partition coefficient (Wildman–Crippen LogP) is 4.97. The first-order valence-electron chi connectivity index (χ1n) is 12.4. The fraction of sp³-hybridized carbons (Fsp3) is 0.448. The van der Waals surface area contributed by atoms with E-state index in [2.05, 4.69) is 55.1 Å². The van der Waals surface area contributed by atoms with Crippen molar-refractivity contribution in [2.75, 3.05) is 13.7 Å². The number of allylic oxidation sites excluding steroid dienone is 1. The topological polar surface area (TPSA) is 73.9 Å². The molecule has 0 bridgehead atoms. The molecular formula is C29H41NO5Si. The zero-order valence-corrected chi connectivity index (χ0v) is 23.7. The van der Waals surface area contributed by atoms with Gasteiger partial charge in [-0.3, -0.25) is 0 Å². The van der Waals surface area contributed by atoms with E-state index in [1.54, 1.807) is 6.08 Å². The first-order valence-corrected chi connectivity index (χ1v) is 14.3. The van der Waals surface area contributed by atoms with Crippen molar-refractivity contribution in [1.82, 2.24) is 5.32 Å². The van der Waals surface area contributed by atoms with E-state index in [0.717, 1.165) is 0 Å². The summed E-state index contributed by atoms with van der Waals surface area (Å²) in [5.74, 6) is -0.407. The van der Waals surface area contributed by atoms with E-state index >= 15 is 0 Å². The maximum atomic E-state index is 12.6. The highest BCUT2D eigenvalue weighted by Crippen LogP contribution is 2.36. The second kappa shape index (κ2) is 12.9. The lowest BCUT2D eigenvalue weighted by Gasteiger charge is -2.43. The predicted molar refractivity (Wildman–Crippen MR) is 147 cm³/mol. The average Bonchev–Trinajstić information content (AvgIpc) is 2.81. The van der Waals surface area contributed by atoms with Gasteiger partial charge < -0.3 is 19.2 Å². The molecule has 1 N–H and O–H groups in total. The number of hydrogen-bond acceptors (Lipinski definition) is 5. The number of amides is 1. The summed E-state index contributed by atoms with van der Waals surface area (Å²) in [5.41, 5.74) is -0.613. The highest BCUT2D eigenvalue weighted by molar-refractivity contribution is 6.99. The smallest absolute Gasteiger partial charge is 0.407 e. The number of nitrogens with one attached hydrogen (secondary N) is 1. The average molecular weight is 512 g/mol. The Kier molecular flexibility index (Phi) is 10.5. The summed E-state index contributed by atoms with van der Waals surface area (Å²) < 4.78 is 17.2. The summed E-state index contributed by atoms with van der Waals surface area (Å²) in [6.07, 6.45) is 3.80. The number of rotatable bonds is 10. The summed E-state index contributed by atoms with van der Waals surface area (Å²) >= 11 is 0. The van der Waals surface area contributed by atoms with E-state index in [1.807, 2.05) is 57.2 Å². The number of benzene rings is 2. The fourth-order valence-corrected chi connectivity index (χ4v) is 8.81. The molecule has 0 spiro atoms. The normalized spacial score (nSPS) is 13.3. The van der Waals surface area contributed by atoms with Crippen molar-refractivity contribution in [2.45, 2.75) is 71.1 Å². The lowest BCUT2D eigenvalue weighted by Crippen LogP contribution is -2.67. The van der Waals surface area contributed by atoms with E-state index in [-0.39, 0.29) is 11.1 Å². The number of esters is 1. The monoisotopic (exact) mass is 511 g/mol. The molecule has 0 saturated heterocycles. The van der Waals surface area contributed by atoms with Crippen LogP contribution in [0.3, 0.4) is 0 Å². The third-order valence-electron chi connectivity index (χ3n) is 5.78. The van der Waals surface area contributed by atoms with Crippen LogP contribution in [0, 0.1) is 0 Å². The van der Waals surface area contributed by atoms with Gasteiger partial charge in [-0.15, -0.1) is 0 Å². The van der Waals surface area contributed by atoms with Gasteiger partial charge >= 0.3 is 12.1 Å². The largest absolute Gasteiger partial charge is 0.466 e. The van der Waals surface area contributed by atoms with Crippen molar-refractivity contribution in [2.24, 2.45) is 0 Å². The molecule has 2 aromatic rings. The molecule has 1 amide bonds. The van der Waals surface area contributed by atoms with Crippen molar-refractivity contribution in [1.29, 1.82) is 0 Å². The van der Waals surface area contributed by atoms with Crippen LogP contribution in [-0.4, -0.2) is 45.7 Å². The van der Waals surface area contributed by atoms with Crippen LogP contribution in [0.1, 0.15) is 54.4 Å². The zero-order chi connectivity index (χ0) is 26.8. The van der Waals surface area contributed by atoms with Crippen LogP contribution in [0.15, 0.2) is 72.8 Å². The van der Waals surface area contributed by atoms with Crippen LogP contribution in [0.5, 0.6) is 0 Å². The van der Waals surface area contributed by atoms with Gasteiger partial charge in [-0.1, -0.05) is 87.5 Å². The minimum absolute atomic E-state index is 0.184. The Balaban J connectivity index is 2.39. The molecule has 0 saturated carbocycles. The van der Waals surface area contributed by atoms with E-state index in [4.69, 9.17) is 9.16 Å². The van der Waals surface area contributed by atoms with E-state index in [0.29, 0.717) is 19.4 Å². The summed E-state index contributed by atoms with van der Waals surface area (Å²) in [6, 6.07) is 20.4. The highest BCUT2D eigenvalue weighted by Gasteiger charge is 2.50. The maximum Gasteiger partial charge on any atom is 0.407 e. The molecule has 2 aromatic carbocycles. The Hall–Kier alpha value is -2.90.